The molecular formula is C12H12F3N3O. The Hall–Kier alpha value is -1.79. The summed E-state index contributed by atoms with van der Waals surface area (Å²) in [5.74, 6) is 0.00820. The van der Waals surface area contributed by atoms with Crippen molar-refractivity contribution < 1.29 is 18.0 Å². The minimum Gasteiger partial charge on any atom is -0.369 e. The molecular weight excluding hydrogens is 259 g/mol. The van der Waals surface area contributed by atoms with Crippen LogP contribution in [0, 0.1) is 5.41 Å². The Bertz CT molecular complexity index is 523. The maximum atomic E-state index is 12.6. The highest BCUT2D eigenvalue weighted by molar-refractivity contribution is 5.88. The lowest BCUT2D eigenvalue weighted by molar-refractivity contribution is -0.141. The number of aromatic nitrogens is 1. The number of nitrogens with zero attached hydrogens (tertiary/aromatic N) is 2. The van der Waals surface area contributed by atoms with E-state index in [2.05, 4.69) is 10.3 Å². The monoisotopic (exact) mass is 271 g/mol. The predicted molar refractivity (Wildman–Crippen MR) is 61.5 cm³/mol. The molecule has 2 fully saturated rings. The number of nitrogens with one attached hydrogen (secondary N) is 1. The third-order valence-electron chi connectivity index (χ3n) is 3.76. The second kappa shape index (κ2) is 3.85. The number of hydrogen-bond acceptors (Lipinski definition) is 3. The third-order valence-corrected chi connectivity index (χ3v) is 3.76. The lowest BCUT2D eigenvalue weighted by Gasteiger charge is -2.47. The summed E-state index contributed by atoms with van der Waals surface area (Å²) in [5.41, 5.74) is -0.837. The molecule has 0 aliphatic carbocycles. The van der Waals surface area contributed by atoms with Gasteiger partial charge in [0, 0.05) is 31.5 Å². The molecule has 0 bridgehead atoms. The predicted octanol–water partition coefficient (Wildman–Crippen LogP) is 1.43. The summed E-state index contributed by atoms with van der Waals surface area (Å²) >= 11 is 0. The molecule has 7 heteroatoms. The van der Waals surface area contributed by atoms with E-state index in [1.54, 1.807) is 4.90 Å². The zero-order valence-corrected chi connectivity index (χ0v) is 10.00. The normalized spacial score (nSPS) is 21.4. The van der Waals surface area contributed by atoms with Crippen LogP contribution in [0.25, 0.3) is 0 Å². The fourth-order valence-electron chi connectivity index (χ4n) is 2.66. The van der Waals surface area contributed by atoms with Crippen LogP contribution in [0.15, 0.2) is 18.3 Å². The van der Waals surface area contributed by atoms with Gasteiger partial charge in [0.2, 0.25) is 5.91 Å². The maximum Gasteiger partial charge on any atom is 0.433 e. The van der Waals surface area contributed by atoms with Crippen molar-refractivity contribution in [1.82, 2.24) is 10.3 Å². The van der Waals surface area contributed by atoms with Crippen LogP contribution in [0.5, 0.6) is 0 Å². The van der Waals surface area contributed by atoms with Crippen LogP contribution in [0.2, 0.25) is 0 Å². The Labute approximate surface area is 107 Å². The van der Waals surface area contributed by atoms with Gasteiger partial charge in [0.05, 0.1) is 5.41 Å². The van der Waals surface area contributed by atoms with Crippen molar-refractivity contribution in [3.63, 3.8) is 0 Å². The van der Waals surface area contributed by atoms with Crippen LogP contribution >= 0.6 is 0 Å². The Morgan fingerprint density at radius 3 is 2.68 bits per heavy atom. The lowest BCUT2D eigenvalue weighted by Crippen LogP contribution is -2.60. The first-order chi connectivity index (χ1) is 8.91. The standard InChI is InChI=1S/C12H12F3N3O/c13-12(14,15)9-5-8(1-3-16-9)18-6-11(7-18)2-4-17-10(11)19/h1,3,5H,2,4,6-7H2,(H,17,19). The number of rotatable bonds is 1. The number of anilines is 1. The van der Waals surface area contributed by atoms with Crippen molar-refractivity contribution in [3.8, 4) is 0 Å². The highest BCUT2D eigenvalue weighted by atomic mass is 19.4. The SMILES string of the molecule is O=C1NCCC12CN(c1ccnc(C(F)(F)F)c1)C2. The minimum absolute atomic E-state index is 0.00820. The maximum absolute atomic E-state index is 12.6. The van der Waals surface area contributed by atoms with Gasteiger partial charge in [-0.3, -0.25) is 9.78 Å². The number of carbonyl (C=O) groups excluding carboxylic acids is 1. The molecule has 0 unspecified atom stereocenters. The molecule has 0 aromatic carbocycles. The van der Waals surface area contributed by atoms with Crippen LogP contribution in [-0.2, 0) is 11.0 Å². The van der Waals surface area contributed by atoms with Gasteiger partial charge >= 0.3 is 6.18 Å². The van der Waals surface area contributed by atoms with Crippen molar-refractivity contribution in [1.29, 1.82) is 0 Å². The first kappa shape index (κ1) is 12.3. The summed E-state index contributed by atoms with van der Waals surface area (Å²) < 4.78 is 37.7. The molecule has 1 N–H and O–H groups in total. The van der Waals surface area contributed by atoms with Gasteiger partial charge < -0.3 is 10.2 Å². The quantitative estimate of drug-likeness (QED) is 0.840. The molecule has 1 amide bonds. The van der Waals surface area contributed by atoms with E-state index in [1.165, 1.54) is 6.07 Å². The molecule has 3 heterocycles. The summed E-state index contributed by atoms with van der Waals surface area (Å²) in [6, 6.07) is 2.56. The van der Waals surface area contributed by atoms with Crippen molar-refractivity contribution in [2.45, 2.75) is 12.6 Å². The van der Waals surface area contributed by atoms with Gasteiger partial charge in [0.15, 0.2) is 0 Å². The Morgan fingerprint density at radius 1 is 1.37 bits per heavy atom. The van der Waals surface area contributed by atoms with E-state index in [4.69, 9.17) is 0 Å². The Kier molecular flexibility index (Phi) is 2.48. The van der Waals surface area contributed by atoms with Crippen LogP contribution < -0.4 is 10.2 Å². The van der Waals surface area contributed by atoms with Gasteiger partial charge in [-0.25, -0.2) is 0 Å². The Morgan fingerprint density at radius 2 is 2.11 bits per heavy atom. The first-order valence-electron chi connectivity index (χ1n) is 5.97. The third kappa shape index (κ3) is 1.93. The van der Waals surface area contributed by atoms with E-state index >= 15 is 0 Å². The summed E-state index contributed by atoms with van der Waals surface area (Å²) in [4.78, 5) is 16.8. The zero-order chi connectivity index (χ0) is 13.7. The highest BCUT2D eigenvalue weighted by Gasteiger charge is 2.51. The van der Waals surface area contributed by atoms with E-state index in [-0.39, 0.29) is 5.91 Å². The van der Waals surface area contributed by atoms with Crippen LogP contribution in [-0.4, -0.2) is 30.5 Å². The topological polar surface area (TPSA) is 45.2 Å². The molecule has 0 atom stereocenters. The van der Waals surface area contributed by atoms with E-state index in [0.717, 1.165) is 18.7 Å². The molecule has 0 saturated carbocycles. The number of amides is 1. The van der Waals surface area contributed by atoms with E-state index in [1.807, 2.05) is 0 Å². The minimum atomic E-state index is -4.44. The summed E-state index contributed by atoms with van der Waals surface area (Å²) in [6.07, 6.45) is -2.54. The van der Waals surface area contributed by atoms with Crippen molar-refractivity contribution >= 4 is 11.6 Å². The molecule has 2 aliphatic heterocycles. The van der Waals surface area contributed by atoms with Gasteiger partial charge in [-0.05, 0) is 18.6 Å². The average Bonchev–Trinajstić information content (AvgIpc) is 2.68. The van der Waals surface area contributed by atoms with E-state index in [9.17, 15) is 18.0 Å². The van der Waals surface area contributed by atoms with Gasteiger partial charge in [-0.2, -0.15) is 13.2 Å². The number of halogens is 3. The summed E-state index contributed by atoms with van der Waals surface area (Å²) in [6.45, 7) is 1.59. The molecule has 1 spiro atoms. The second-order valence-corrected chi connectivity index (χ2v) is 5.04. The molecule has 19 heavy (non-hydrogen) atoms. The highest BCUT2D eigenvalue weighted by Crippen LogP contribution is 2.40. The second-order valence-electron chi connectivity index (χ2n) is 5.04. The van der Waals surface area contributed by atoms with Crippen molar-refractivity contribution in [2.24, 2.45) is 5.41 Å². The molecule has 0 radical (unpaired) electrons. The van der Waals surface area contributed by atoms with Crippen LogP contribution in [0.4, 0.5) is 18.9 Å². The zero-order valence-electron chi connectivity index (χ0n) is 10.00. The molecule has 2 aliphatic rings. The van der Waals surface area contributed by atoms with Gasteiger partial charge in [0.1, 0.15) is 5.69 Å². The fraction of sp³-hybridized carbons (Fsp3) is 0.500. The first-order valence-corrected chi connectivity index (χ1v) is 5.97. The largest absolute Gasteiger partial charge is 0.433 e. The molecule has 4 nitrogen and oxygen atoms in total. The van der Waals surface area contributed by atoms with Gasteiger partial charge in [-0.1, -0.05) is 0 Å². The molecule has 3 rings (SSSR count). The molecule has 102 valence electrons. The number of hydrogen-bond donors (Lipinski definition) is 1. The summed E-state index contributed by atoms with van der Waals surface area (Å²) in [5, 5.41) is 2.76. The fourth-order valence-corrected chi connectivity index (χ4v) is 2.66. The number of carbonyl (C=O) groups is 1. The number of alkyl halides is 3. The molecule has 1 aromatic rings. The van der Waals surface area contributed by atoms with Crippen molar-refractivity contribution in [3.05, 3.63) is 24.0 Å². The lowest BCUT2D eigenvalue weighted by atomic mass is 9.78. The van der Waals surface area contributed by atoms with Crippen molar-refractivity contribution in [2.75, 3.05) is 24.5 Å². The smallest absolute Gasteiger partial charge is 0.369 e. The van der Waals surface area contributed by atoms with Crippen LogP contribution in [0.1, 0.15) is 12.1 Å². The van der Waals surface area contributed by atoms with Gasteiger partial charge in [-0.15, -0.1) is 0 Å². The molecule has 1 aromatic heterocycles. The van der Waals surface area contributed by atoms with E-state index in [0.29, 0.717) is 25.3 Å². The number of pyridine rings is 1. The Balaban J connectivity index is 1.77. The van der Waals surface area contributed by atoms with E-state index < -0.39 is 17.3 Å². The van der Waals surface area contributed by atoms with Gasteiger partial charge in [0.25, 0.3) is 0 Å². The van der Waals surface area contributed by atoms with Crippen LogP contribution in [0.3, 0.4) is 0 Å². The summed E-state index contributed by atoms with van der Waals surface area (Å²) in [7, 11) is 0. The molecule has 2 saturated heterocycles. The average molecular weight is 271 g/mol.